The molecule has 0 saturated carbocycles. The van der Waals surface area contributed by atoms with Crippen LogP contribution in [-0.4, -0.2) is 58.9 Å². The molecule has 5 rings (SSSR count). The van der Waals surface area contributed by atoms with E-state index in [0.29, 0.717) is 24.4 Å². The molecule has 166 valence electrons. The van der Waals surface area contributed by atoms with Gasteiger partial charge in [-0.05, 0) is 50.3 Å². The van der Waals surface area contributed by atoms with Crippen LogP contribution in [0.4, 0.5) is 5.95 Å². The van der Waals surface area contributed by atoms with Gasteiger partial charge in [0.05, 0.1) is 18.9 Å². The molecule has 2 atom stereocenters. The maximum absolute atomic E-state index is 9.06. The summed E-state index contributed by atoms with van der Waals surface area (Å²) in [7, 11) is 0. The molecule has 31 heavy (non-hydrogen) atoms. The van der Waals surface area contributed by atoms with Gasteiger partial charge < -0.3 is 19.5 Å². The van der Waals surface area contributed by atoms with Crippen molar-refractivity contribution in [3.63, 3.8) is 0 Å². The molecule has 1 aromatic heterocycles. The van der Waals surface area contributed by atoms with Gasteiger partial charge in [0.25, 0.3) is 0 Å². The number of aliphatic hydroxyl groups excluding tert-OH is 1. The molecular weight excluding hydrogens is 392 g/mol. The summed E-state index contributed by atoms with van der Waals surface area (Å²) in [5.74, 6) is 2.36. The first kappa shape index (κ1) is 20.5. The smallest absolute Gasteiger partial charge is 0.225 e. The first-order chi connectivity index (χ1) is 15.3. The maximum Gasteiger partial charge on any atom is 0.225 e. The molecule has 3 aliphatic rings. The quantitative estimate of drug-likeness (QED) is 0.698. The summed E-state index contributed by atoms with van der Waals surface area (Å²) in [6.07, 6.45) is 7.95. The van der Waals surface area contributed by atoms with Gasteiger partial charge in [-0.15, -0.1) is 0 Å². The van der Waals surface area contributed by atoms with E-state index in [2.05, 4.69) is 28.1 Å². The molecule has 2 aromatic rings. The van der Waals surface area contributed by atoms with Crippen LogP contribution in [0.5, 0.6) is 11.5 Å². The summed E-state index contributed by atoms with van der Waals surface area (Å²) in [6, 6.07) is 7.07. The minimum atomic E-state index is -0.00852. The lowest BCUT2D eigenvalue weighted by molar-refractivity contribution is 0.165. The van der Waals surface area contributed by atoms with Crippen molar-refractivity contribution in [3.05, 3.63) is 41.2 Å². The fourth-order valence-electron chi connectivity index (χ4n) is 5.28. The van der Waals surface area contributed by atoms with Crippen molar-refractivity contribution in [3.8, 4) is 11.5 Å². The van der Waals surface area contributed by atoms with Gasteiger partial charge in [0, 0.05) is 49.9 Å². The monoisotopic (exact) mass is 424 g/mol. The van der Waals surface area contributed by atoms with Gasteiger partial charge >= 0.3 is 0 Å². The van der Waals surface area contributed by atoms with E-state index in [-0.39, 0.29) is 13.2 Å². The van der Waals surface area contributed by atoms with E-state index in [9.17, 15) is 0 Å². The van der Waals surface area contributed by atoms with E-state index in [1.54, 1.807) is 0 Å². The van der Waals surface area contributed by atoms with E-state index in [1.807, 2.05) is 13.0 Å². The first-order valence-electron chi connectivity index (χ1n) is 11.6. The van der Waals surface area contributed by atoms with Gasteiger partial charge in [0.2, 0.25) is 5.95 Å². The van der Waals surface area contributed by atoms with E-state index in [0.717, 1.165) is 37.8 Å². The lowest BCUT2D eigenvalue weighted by atomic mass is 9.98. The molecule has 2 fully saturated rings. The van der Waals surface area contributed by atoms with Crippen LogP contribution in [0.2, 0.25) is 0 Å². The lowest BCUT2D eigenvalue weighted by Gasteiger charge is -2.36. The average Bonchev–Trinajstić information content (AvgIpc) is 3.41. The van der Waals surface area contributed by atoms with Crippen LogP contribution in [0.15, 0.2) is 24.4 Å². The molecule has 0 radical (unpaired) electrons. The molecule has 4 heterocycles. The Morgan fingerprint density at radius 1 is 1.13 bits per heavy atom. The third-order valence-electron chi connectivity index (χ3n) is 6.73. The maximum atomic E-state index is 9.06. The van der Waals surface area contributed by atoms with Crippen molar-refractivity contribution >= 4 is 5.95 Å². The second-order valence-electron chi connectivity index (χ2n) is 8.68. The Morgan fingerprint density at radius 3 is 2.81 bits per heavy atom. The first-order valence-corrected chi connectivity index (χ1v) is 11.6. The highest BCUT2D eigenvalue weighted by atomic mass is 16.5. The zero-order chi connectivity index (χ0) is 21.2. The van der Waals surface area contributed by atoms with Crippen molar-refractivity contribution in [1.82, 2.24) is 14.9 Å². The molecule has 3 aliphatic heterocycles. The largest absolute Gasteiger partial charge is 0.490 e. The minimum absolute atomic E-state index is 0.00852. The number of nitrogens with zero attached hydrogens (tertiary/aromatic N) is 4. The summed E-state index contributed by atoms with van der Waals surface area (Å²) in [6.45, 7) is 5.86. The highest BCUT2D eigenvalue weighted by Crippen LogP contribution is 2.44. The number of hydrogen-bond donors (Lipinski definition) is 1. The third-order valence-corrected chi connectivity index (χ3v) is 6.73. The van der Waals surface area contributed by atoms with Gasteiger partial charge in [-0.25, -0.2) is 9.97 Å². The summed E-state index contributed by atoms with van der Waals surface area (Å²) in [4.78, 5) is 14.7. The number of benzene rings is 1. The summed E-state index contributed by atoms with van der Waals surface area (Å²) < 4.78 is 11.4. The number of hydrogen-bond acceptors (Lipinski definition) is 7. The predicted octanol–water partition coefficient (Wildman–Crippen LogP) is 3.11. The average molecular weight is 425 g/mol. The summed E-state index contributed by atoms with van der Waals surface area (Å²) in [5.41, 5.74) is 3.78. The van der Waals surface area contributed by atoms with Crippen molar-refractivity contribution in [1.29, 1.82) is 0 Å². The normalized spacial score (nSPS) is 22.6. The fraction of sp³-hybridized carbons (Fsp3) is 0.583. The van der Waals surface area contributed by atoms with Gasteiger partial charge in [0.15, 0.2) is 11.5 Å². The van der Waals surface area contributed by atoms with Crippen LogP contribution in [-0.2, 0) is 13.0 Å². The van der Waals surface area contributed by atoms with Crippen molar-refractivity contribution < 1.29 is 14.6 Å². The number of anilines is 1. The lowest BCUT2D eigenvalue weighted by Crippen LogP contribution is -2.38. The Hall–Kier alpha value is -2.38. The number of fused-ring (bicyclic) bond motifs is 4. The van der Waals surface area contributed by atoms with Gasteiger partial charge in [-0.1, -0.05) is 6.07 Å². The molecule has 1 N–H and O–H groups in total. The Balaban J connectivity index is 1.35. The zero-order valence-corrected chi connectivity index (χ0v) is 18.3. The number of ether oxygens (including phenoxy) is 2. The van der Waals surface area contributed by atoms with Crippen LogP contribution < -0.4 is 14.4 Å². The Kier molecular flexibility index (Phi) is 5.96. The number of aromatic nitrogens is 2. The third kappa shape index (κ3) is 4.08. The molecule has 0 aliphatic carbocycles. The highest BCUT2D eigenvalue weighted by Gasteiger charge is 2.41. The topological polar surface area (TPSA) is 71.0 Å². The van der Waals surface area contributed by atoms with Gasteiger partial charge in [-0.3, -0.25) is 4.90 Å². The second kappa shape index (κ2) is 9.01. The Bertz CT molecular complexity index is 916. The van der Waals surface area contributed by atoms with Crippen LogP contribution in [0.25, 0.3) is 0 Å². The minimum Gasteiger partial charge on any atom is -0.490 e. The second-order valence-corrected chi connectivity index (χ2v) is 8.68. The molecule has 0 amide bonds. The molecule has 0 spiro atoms. The van der Waals surface area contributed by atoms with Gasteiger partial charge in [0.1, 0.15) is 6.61 Å². The van der Waals surface area contributed by atoms with E-state index in [4.69, 9.17) is 24.5 Å². The van der Waals surface area contributed by atoms with Crippen molar-refractivity contribution in [2.75, 3.05) is 37.8 Å². The predicted molar refractivity (Wildman–Crippen MR) is 119 cm³/mol. The molecule has 7 nitrogen and oxygen atoms in total. The summed E-state index contributed by atoms with van der Waals surface area (Å²) >= 11 is 0. The van der Waals surface area contributed by atoms with Crippen LogP contribution in [0.1, 0.15) is 55.5 Å². The molecule has 2 bridgehead atoms. The van der Waals surface area contributed by atoms with Crippen molar-refractivity contribution in [2.24, 2.45) is 0 Å². The molecule has 7 heteroatoms. The Morgan fingerprint density at radius 2 is 2.00 bits per heavy atom. The SMILES string of the molecule is CCOc1cc(CN2C3CCC2c2cnc(N4CCCC4)nc2C3)ccc1OCCO. The fourth-order valence-corrected chi connectivity index (χ4v) is 5.28. The molecule has 2 unspecified atom stereocenters. The van der Waals surface area contributed by atoms with E-state index < -0.39 is 0 Å². The molecule has 2 saturated heterocycles. The van der Waals surface area contributed by atoms with E-state index in [1.165, 1.54) is 42.5 Å². The molecular formula is C24H32N4O3. The number of aliphatic hydroxyl groups is 1. The standard InChI is InChI=1S/C24H32N4O3/c1-2-30-23-13-17(5-8-22(23)31-12-11-29)16-28-18-6-7-21(28)19-15-25-24(26-20(19)14-18)27-9-3-4-10-27/h5,8,13,15,18,21,29H,2-4,6-7,9-12,14,16H2,1H3. The highest BCUT2D eigenvalue weighted by molar-refractivity contribution is 5.43. The van der Waals surface area contributed by atoms with Gasteiger partial charge in [-0.2, -0.15) is 0 Å². The molecule has 1 aromatic carbocycles. The number of rotatable bonds is 8. The van der Waals surface area contributed by atoms with E-state index >= 15 is 0 Å². The Labute approximate surface area is 184 Å². The van der Waals surface area contributed by atoms with Crippen LogP contribution >= 0.6 is 0 Å². The van der Waals surface area contributed by atoms with Crippen LogP contribution in [0, 0.1) is 0 Å². The van der Waals surface area contributed by atoms with Crippen molar-refractivity contribution in [2.45, 2.75) is 57.7 Å². The summed E-state index contributed by atoms with van der Waals surface area (Å²) in [5, 5.41) is 9.06. The van der Waals surface area contributed by atoms with Crippen LogP contribution in [0.3, 0.4) is 0 Å². The zero-order valence-electron chi connectivity index (χ0n) is 18.3.